The minimum absolute atomic E-state index is 0.461. The van der Waals surface area contributed by atoms with Crippen molar-refractivity contribution in [3.63, 3.8) is 0 Å². The molecule has 6 aromatic rings. The van der Waals surface area contributed by atoms with Gasteiger partial charge in [-0.05, 0) is 59.6 Å². The Bertz CT molecular complexity index is 1460. The van der Waals surface area contributed by atoms with E-state index in [0.29, 0.717) is 0 Å². The summed E-state index contributed by atoms with van der Waals surface area (Å²) in [5, 5.41) is -0.923. The van der Waals surface area contributed by atoms with E-state index in [1.54, 1.807) is 0 Å². The van der Waals surface area contributed by atoms with Crippen molar-refractivity contribution in [1.82, 2.24) is 0 Å². The molecule has 0 amide bonds. The Balaban J connectivity index is 1.66. The minimum atomic E-state index is -2.79. The second kappa shape index (κ2) is 12.6. The van der Waals surface area contributed by atoms with Crippen LogP contribution in [0.1, 0.15) is 33.4 Å². The molecule has 6 rings (SSSR count). The van der Waals surface area contributed by atoms with Gasteiger partial charge in [-0.3, -0.25) is 0 Å². The summed E-state index contributed by atoms with van der Waals surface area (Å²) in [6.45, 7) is 9.78. The third-order valence-electron chi connectivity index (χ3n) is 9.56. The summed E-state index contributed by atoms with van der Waals surface area (Å²) in [6, 6.07) is 66.3. The van der Waals surface area contributed by atoms with Gasteiger partial charge in [0.05, 0.1) is 10.1 Å². The Labute approximate surface area is 271 Å². The Morgan fingerprint density at radius 2 is 0.444 bits per heavy atom. The molecular formula is C42H42OSi2. The zero-order valence-corrected chi connectivity index (χ0v) is 28.7. The molecule has 0 N–H and O–H groups in total. The van der Waals surface area contributed by atoms with Gasteiger partial charge < -0.3 is 4.12 Å². The normalized spacial score (nSPS) is 12.5. The third-order valence-corrected chi connectivity index (χ3v) is 19.0. The van der Waals surface area contributed by atoms with Crippen LogP contribution in [0.2, 0.25) is 26.2 Å². The molecule has 6 aromatic carbocycles. The first-order valence-electron chi connectivity index (χ1n) is 15.9. The van der Waals surface area contributed by atoms with Crippen molar-refractivity contribution in [2.75, 3.05) is 0 Å². The molecule has 0 bridgehead atoms. The van der Waals surface area contributed by atoms with Gasteiger partial charge in [0.25, 0.3) is 0 Å². The van der Waals surface area contributed by atoms with Gasteiger partial charge in [0.1, 0.15) is 0 Å². The number of rotatable bonds is 10. The highest BCUT2D eigenvalue weighted by atomic mass is 28.4. The molecule has 0 saturated carbocycles. The molecule has 0 heterocycles. The fourth-order valence-electron chi connectivity index (χ4n) is 8.01. The van der Waals surface area contributed by atoms with E-state index in [-0.39, 0.29) is 0 Å². The number of hydrogen-bond acceptors (Lipinski definition) is 1. The topological polar surface area (TPSA) is 9.23 Å². The molecule has 45 heavy (non-hydrogen) atoms. The van der Waals surface area contributed by atoms with Gasteiger partial charge in [0, 0.05) is 0 Å². The molecule has 0 aliphatic heterocycles. The second-order valence-corrected chi connectivity index (χ2v) is 21.2. The fourth-order valence-corrected chi connectivity index (χ4v) is 19.5. The van der Waals surface area contributed by atoms with E-state index in [9.17, 15) is 0 Å². The summed E-state index contributed by atoms with van der Waals surface area (Å²) >= 11 is 0. The maximum atomic E-state index is 8.16. The van der Waals surface area contributed by atoms with E-state index >= 15 is 0 Å². The minimum Gasteiger partial charge on any atom is -0.453 e. The van der Waals surface area contributed by atoms with E-state index in [1.165, 1.54) is 33.4 Å². The first-order valence-corrected chi connectivity index (χ1v) is 21.7. The second-order valence-electron chi connectivity index (χ2n) is 12.8. The summed E-state index contributed by atoms with van der Waals surface area (Å²) in [4.78, 5) is 0. The van der Waals surface area contributed by atoms with E-state index in [2.05, 4.69) is 208 Å². The molecule has 0 unspecified atom stereocenters. The van der Waals surface area contributed by atoms with Gasteiger partial charge >= 0.3 is 0 Å². The SMILES string of the molecule is C[Si](C)(O[Si](C)(C)C(c1ccccc1)(c1ccccc1)c1ccccc1)C(c1ccccc1)(c1ccccc1)c1ccccc1. The molecule has 1 nitrogen and oxygen atoms in total. The molecule has 0 atom stereocenters. The summed E-state index contributed by atoms with van der Waals surface area (Å²) in [7, 11) is -5.58. The monoisotopic (exact) mass is 618 g/mol. The average molecular weight is 619 g/mol. The lowest BCUT2D eigenvalue weighted by Gasteiger charge is -2.54. The third kappa shape index (κ3) is 5.25. The highest BCUT2D eigenvalue weighted by Crippen LogP contribution is 2.52. The van der Waals surface area contributed by atoms with E-state index in [0.717, 1.165) is 0 Å². The van der Waals surface area contributed by atoms with Crippen LogP contribution in [0.5, 0.6) is 0 Å². The van der Waals surface area contributed by atoms with E-state index in [4.69, 9.17) is 4.12 Å². The van der Waals surface area contributed by atoms with Gasteiger partial charge in [-0.2, -0.15) is 0 Å². The first-order chi connectivity index (χ1) is 21.8. The molecule has 0 aliphatic rings. The molecule has 0 radical (unpaired) electrons. The highest BCUT2D eigenvalue weighted by Gasteiger charge is 2.60. The van der Waals surface area contributed by atoms with Crippen LogP contribution in [-0.2, 0) is 14.2 Å². The van der Waals surface area contributed by atoms with Crippen molar-refractivity contribution in [2.45, 2.75) is 36.3 Å². The van der Waals surface area contributed by atoms with Crippen LogP contribution in [0.4, 0.5) is 0 Å². The Morgan fingerprint density at radius 3 is 0.600 bits per heavy atom. The predicted octanol–water partition coefficient (Wildman–Crippen LogP) is 10.6. The molecule has 3 heteroatoms. The van der Waals surface area contributed by atoms with Crippen LogP contribution >= 0.6 is 0 Å². The van der Waals surface area contributed by atoms with Crippen molar-refractivity contribution >= 4 is 16.6 Å². The van der Waals surface area contributed by atoms with Gasteiger partial charge in [0.2, 0.25) is 0 Å². The standard InChI is InChI=1S/C42H42OSi2/c1-44(2,41(35-23-11-5-12-24-35,36-25-13-6-14-26-36)37-27-15-7-16-28-37)43-45(3,4)42(38-29-17-8-18-30-38,39-31-19-9-20-32-39)40-33-21-10-22-34-40/h5-34H,1-4H3. The zero-order chi connectivity index (χ0) is 31.4. The van der Waals surface area contributed by atoms with Crippen molar-refractivity contribution < 1.29 is 4.12 Å². The van der Waals surface area contributed by atoms with Crippen molar-refractivity contribution in [3.8, 4) is 0 Å². The van der Waals surface area contributed by atoms with Crippen LogP contribution in [0.25, 0.3) is 0 Å². The molecule has 0 aliphatic carbocycles. The van der Waals surface area contributed by atoms with Gasteiger partial charge in [-0.1, -0.05) is 182 Å². The van der Waals surface area contributed by atoms with Crippen LogP contribution in [-0.4, -0.2) is 16.6 Å². The number of hydrogen-bond donors (Lipinski definition) is 0. The summed E-state index contributed by atoms with van der Waals surface area (Å²) in [5.74, 6) is 0. The molecule has 0 fully saturated rings. The lowest BCUT2D eigenvalue weighted by atomic mass is 9.84. The first kappa shape index (κ1) is 30.7. The van der Waals surface area contributed by atoms with Gasteiger partial charge in [-0.15, -0.1) is 0 Å². The van der Waals surface area contributed by atoms with Gasteiger partial charge in [0.15, 0.2) is 16.6 Å². The zero-order valence-electron chi connectivity index (χ0n) is 26.7. The van der Waals surface area contributed by atoms with E-state index < -0.39 is 26.7 Å². The molecule has 224 valence electrons. The van der Waals surface area contributed by atoms with Crippen LogP contribution in [0.3, 0.4) is 0 Å². The molecule has 0 aromatic heterocycles. The Kier molecular flexibility index (Phi) is 8.61. The lowest BCUT2D eigenvalue weighted by Crippen LogP contribution is -2.66. The summed E-state index contributed by atoms with van der Waals surface area (Å²) in [6.07, 6.45) is 0. The predicted molar refractivity (Wildman–Crippen MR) is 194 cm³/mol. The molecular weight excluding hydrogens is 577 g/mol. The molecule has 0 spiro atoms. The summed E-state index contributed by atoms with van der Waals surface area (Å²) < 4.78 is 8.16. The van der Waals surface area contributed by atoms with Gasteiger partial charge in [-0.25, -0.2) is 0 Å². The largest absolute Gasteiger partial charge is 0.453 e. The van der Waals surface area contributed by atoms with Crippen molar-refractivity contribution in [3.05, 3.63) is 215 Å². The summed E-state index contributed by atoms with van der Waals surface area (Å²) in [5.41, 5.74) is 7.63. The number of benzene rings is 6. The maximum Gasteiger partial charge on any atom is 0.193 e. The quantitative estimate of drug-likeness (QED) is 0.110. The fraction of sp³-hybridized carbons (Fsp3) is 0.143. The van der Waals surface area contributed by atoms with Crippen molar-refractivity contribution in [2.24, 2.45) is 0 Å². The Hall–Kier alpha value is -4.29. The highest BCUT2D eigenvalue weighted by molar-refractivity contribution is 6.89. The maximum absolute atomic E-state index is 8.16. The lowest BCUT2D eigenvalue weighted by molar-refractivity contribution is 0.477. The van der Waals surface area contributed by atoms with Crippen molar-refractivity contribution in [1.29, 1.82) is 0 Å². The van der Waals surface area contributed by atoms with Crippen LogP contribution < -0.4 is 0 Å². The average Bonchev–Trinajstić information content (AvgIpc) is 3.08. The smallest absolute Gasteiger partial charge is 0.193 e. The van der Waals surface area contributed by atoms with E-state index in [1.807, 2.05) is 0 Å². The van der Waals surface area contributed by atoms with Crippen LogP contribution in [0, 0.1) is 0 Å². The van der Waals surface area contributed by atoms with Crippen LogP contribution in [0.15, 0.2) is 182 Å². The Morgan fingerprint density at radius 1 is 0.289 bits per heavy atom. The molecule has 0 saturated heterocycles.